The molecule has 0 saturated carbocycles. The molecule has 0 fully saturated rings. The molecule has 8 nitrogen and oxygen atoms in total. The van der Waals surface area contributed by atoms with Crippen molar-refractivity contribution in [1.29, 1.82) is 0 Å². The van der Waals surface area contributed by atoms with Crippen LogP contribution in [-0.2, 0) is 9.53 Å². The molecule has 1 rings (SSSR count). The summed E-state index contributed by atoms with van der Waals surface area (Å²) in [7, 11) is 2.65. The Bertz CT molecular complexity index is 543. The molecular formula is C12H14N2O6. The van der Waals surface area contributed by atoms with Crippen molar-refractivity contribution in [3.63, 3.8) is 0 Å². The van der Waals surface area contributed by atoms with Crippen molar-refractivity contribution in [2.45, 2.75) is 6.42 Å². The number of esters is 1. The number of carbonyl (C=O) groups excluding carboxylic acids is 2. The Morgan fingerprint density at radius 2 is 2.10 bits per heavy atom. The van der Waals surface area contributed by atoms with Gasteiger partial charge in [-0.05, 0) is 6.07 Å². The van der Waals surface area contributed by atoms with Gasteiger partial charge in [-0.3, -0.25) is 19.7 Å². The number of hydrogen-bond donors (Lipinski definition) is 1. The average molecular weight is 282 g/mol. The molecule has 0 spiro atoms. The number of rotatable bonds is 5. The Balaban J connectivity index is 2.89. The maximum Gasteiger partial charge on any atom is 0.311 e. The summed E-state index contributed by atoms with van der Waals surface area (Å²) in [5, 5.41) is 20.4. The topological polar surface area (TPSA) is 110 Å². The minimum Gasteiger partial charge on any atom is -0.502 e. The van der Waals surface area contributed by atoms with Gasteiger partial charge in [0.1, 0.15) is 0 Å². The van der Waals surface area contributed by atoms with Crippen molar-refractivity contribution in [2.75, 3.05) is 20.7 Å². The predicted molar refractivity (Wildman–Crippen MR) is 68.4 cm³/mol. The number of phenols is 1. The number of para-hydroxylation sites is 1. The number of phenolic OH excluding ortho intramolecular Hbond substituents is 1. The normalized spacial score (nSPS) is 9.90. The van der Waals surface area contributed by atoms with E-state index in [9.17, 15) is 24.8 Å². The Morgan fingerprint density at radius 3 is 2.65 bits per heavy atom. The largest absolute Gasteiger partial charge is 0.502 e. The number of ether oxygens (including phenoxy) is 1. The number of nitro benzene ring substituents is 1. The number of nitro groups is 1. The molecule has 1 N–H and O–H groups in total. The monoisotopic (exact) mass is 282 g/mol. The summed E-state index contributed by atoms with van der Waals surface area (Å²) in [5.41, 5.74) is -0.733. The summed E-state index contributed by atoms with van der Waals surface area (Å²) >= 11 is 0. The van der Waals surface area contributed by atoms with E-state index in [1.54, 1.807) is 0 Å². The summed E-state index contributed by atoms with van der Waals surface area (Å²) in [6.07, 6.45) is -0.00553. The standard InChI is InChI=1S/C12H14N2O6/c1-13(7-6-10(15)20-2)12(17)8-4-3-5-9(11(8)16)14(18)19/h3-5,16H,6-7H2,1-2H3. The molecule has 1 aromatic carbocycles. The van der Waals surface area contributed by atoms with Crippen LogP contribution >= 0.6 is 0 Å². The minimum atomic E-state index is -0.777. The van der Waals surface area contributed by atoms with E-state index in [1.165, 1.54) is 31.2 Å². The van der Waals surface area contributed by atoms with Gasteiger partial charge in [0.2, 0.25) is 5.75 Å². The second-order valence-electron chi connectivity index (χ2n) is 3.98. The number of amides is 1. The van der Waals surface area contributed by atoms with Gasteiger partial charge in [0.25, 0.3) is 5.91 Å². The molecule has 0 heterocycles. The fraction of sp³-hybridized carbons (Fsp3) is 0.333. The van der Waals surface area contributed by atoms with Gasteiger partial charge in [-0.15, -0.1) is 0 Å². The molecule has 0 radical (unpaired) electrons. The molecule has 0 bridgehead atoms. The van der Waals surface area contributed by atoms with Gasteiger partial charge in [0.05, 0.1) is 24.0 Å². The molecule has 0 aliphatic carbocycles. The Labute approximate surface area is 114 Å². The van der Waals surface area contributed by atoms with Crippen LogP contribution in [0.3, 0.4) is 0 Å². The molecule has 0 aliphatic heterocycles. The van der Waals surface area contributed by atoms with Gasteiger partial charge in [-0.1, -0.05) is 6.07 Å². The molecule has 0 aromatic heterocycles. The van der Waals surface area contributed by atoms with Gasteiger partial charge in [-0.2, -0.15) is 0 Å². The molecule has 1 amide bonds. The molecule has 20 heavy (non-hydrogen) atoms. The van der Waals surface area contributed by atoms with E-state index in [0.717, 1.165) is 6.07 Å². The van der Waals surface area contributed by atoms with Crippen LogP contribution in [-0.4, -0.2) is 47.5 Å². The lowest BCUT2D eigenvalue weighted by molar-refractivity contribution is -0.385. The lowest BCUT2D eigenvalue weighted by atomic mass is 10.1. The van der Waals surface area contributed by atoms with E-state index in [4.69, 9.17) is 0 Å². The highest BCUT2D eigenvalue weighted by atomic mass is 16.6. The van der Waals surface area contributed by atoms with Crippen molar-refractivity contribution in [1.82, 2.24) is 4.90 Å². The van der Waals surface area contributed by atoms with Crippen LogP contribution in [0.5, 0.6) is 5.75 Å². The van der Waals surface area contributed by atoms with Crippen molar-refractivity contribution >= 4 is 17.6 Å². The van der Waals surface area contributed by atoms with Crippen molar-refractivity contribution < 1.29 is 24.4 Å². The maximum atomic E-state index is 12.0. The highest BCUT2D eigenvalue weighted by molar-refractivity contribution is 5.98. The molecule has 0 aliphatic rings. The number of carbonyl (C=O) groups is 2. The van der Waals surface area contributed by atoms with Crippen LogP contribution in [0, 0.1) is 10.1 Å². The van der Waals surface area contributed by atoms with Crippen LogP contribution < -0.4 is 0 Å². The number of aromatic hydroxyl groups is 1. The second kappa shape index (κ2) is 6.50. The number of benzene rings is 1. The fourth-order valence-corrected chi connectivity index (χ4v) is 1.52. The van der Waals surface area contributed by atoms with Gasteiger partial charge >= 0.3 is 11.7 Å². The van der Waals surface area contributed by atoms with Gasteiger partial charge < -0.3 is 14.7 Å². The van der Waals surface area contributed by atoms with Crippen molar-refractivity contribution in [2.24, 2.45) is 0 Å². The van der Waals surface area contributed by atoms with E-state index in [0.29, 0.717) is 0 Å². The summed E-state index contributed by atoms with van der Waals surface area (Å²) in [4.78, 5) is 34.1. The Hall–Kier alpha value is -2.64. The minimum absolute atomic E-state index is 0.00553. The Kier molecular flexibility index (Phi) is 5.01. The zero-order valence-corrected chi connectivity index (χ0v) is 11.0. The molecule has 0 atom stereocenters. The summed E-state index contributed by atoms with van der Waals surface area (Å²) in [6, 6.07) is 3.68. The number of hydrogen-bond acceptors (Lipinski definition) is 6. The van der Waals surface area contributed by atoms with Gasteiger partial charge in [0.15, 0.2) is 0 Å². The Morgan fingerprint density at radius 1 is 1.45 bits per heavy atom. The quantitative estimate of drug-likeness (QED) is 0.489. The molecular weight excluding hydrogens is 268 g/mol. The van der Waals surface area contributed by atoms with Crippen LogP contribution in [0.2, 0.25) is 0 Å². The second-order valence-corrected chi connectivity index (χ2v) is 3.98. The first kappa shape index (κ1) is 15.4. The summed E-state index contributed by atoms with van der Waals surface area (Å²) in [6.45, 7) is 0.0770. The average Bonchev–Trinajstić information content (AvgIpc) is 2.43. The number of nitrogens with zero attached hydrogens (tertiary/aromatic N) is 2. The molecule has 0 unspecified atom stereocenters. The predicted octanol–water partition coefficient (Wildman–Crippen LogP) is 0.935. The van der Waals surface area contributed by atoms with E-state index in [2.05, 4.69) is 4.74 Å². The first-order valence-corrected chi connectivity index (χ1v) is 5.67. The highest BCUT2D eigenvalue weighted by Crippen LogP contribution is 2.29. The van der Waals surface area contributed by atoms with E-state index < -0.39 is 28.2 Å². The molecule has 108 valence electrons. The molecule has 0 saturated heterocycles. The first-order chi connectivity index (χ1) is 9.38. The third kappa shape index (κ3) is 3.44. The lowest BCUT2D eigenvalue weighted by Gasteiger charge is -2.16. The van der Waals surface area contributed by atoms with Gasteiger partial charge in [-0.25, -0.2) is 0 Å². The van der Waals surface area contributed by atoms with E-state index in [1.807, 2.05) is 0 Å². The molecule has 1 aromatic rings. The van der Waals surface area contributed by atoms with Crippen molar-refractivity contribution in [3.05, 3.63) is 33.9 Å². The smallest absolute Gasteiger partial charge is 0.311 e. The summed E-state index contributed by atoms with van der Waals surface area (Å²) < 4.78 is 4.44. The van der Waals surface area contributed by atoms with Crippen LogP contribution in [0.25, 0.3) is 0 Å². The molecule has 8 heteroatoms. The van der Waals surface area contributed by atoms with Gasteiger partial charge in [0, 0.05) is 19.7 Å². The van der Waals surface area contributed by atoms with Crippen LogP contribution in [0.1, 0.15) is 16.8 Å². The maximum absolute atomic E-state index is 12.0. The van der Waals surface area contributed by atoms with Crippen LogP contribution in [0.15, 0.2) is 18.2 Å². The van der Waals surface area contributed by atoms with E-state index >= 15 is 0 Å². The number of methoxy groups -OCH3 is 1. The lowest BCUT2D eigenvalue weighted by Crippen LogP contribution is -2.29. The zero-order chi connectivity index (χ0) is 15.3. The van der Waals surface area contributed by atoms with E-state index in [-0.39, 0.29) is 18.5 Å². The fourth-order valence-electron chi connectivity index (χ4n) is 1.52. The third-order valence-corrected chi connectivity index (χ3v) is 2.67. The highest BCUT2D eigenvalue weighted by Gasteiger charge is 2.23. The van der Waals surface area contributed by atoms with Crippen molar-refractivity contribution in [3.8, 4) is 5.75 Å². The SMILES string of the molecule is COC(=O)CCN(C)C(=O)c1cccc([N+](=O)[O-])c1O. The first-order valence-electron chi connectivity index (χ1n) is 5.67. The zero-order valence-electron chi connectivity index (χ0n) is 11.0. The summed E-state index contributed by atoms with van der Waals surface area (Å²) in [5.74, 6) is -1.78. The van der Waals surface area contributed by atoms with Crippen LogP contribution in [0.4, 0.5) is 5.69 Å². The third-order valence-electron chi connectivity index (χ3n) is 2.67.